The Bertz CT molecular complexity index is 469. The first-order valence-electron chi connectivity index (χ1n) is 6.35. The number of aromatic nitrogens is 1. The molecule has 1 fully saturated rings. The quantitative estimate of drug-likeness (QED) is 0.847. The number of carbonyl (C=O) groups is 2. The highest BCUT2D eigenvalue weighted by Gasteiger charge is 2.22. The molecule has 0 radical (unpaired) electrons. The van der Waals surface area contributed by atoms with Gasteiger partial charge in [-0.3, -0.25) is 9.59 Å². The summed E-state index contributed by atoms with van der Waals surface area (Å²) in [4.78, 5) is 22.8. The summed E-state index contributed by atoms with van der Waals surface area (Å²) in [6, 6.07) is 3.38. The number of rotatable bonds is 4. The molecule has 1 aromatic rings. The Labute approximate surface area is 111 Å². The van der Waals surface area contributed by atoms with Crippen molar-refractivity contribution in [1.82, 2.24) is 9.88 Å². The molecule has 2 rings (SSSR count). The highest BCUT2D eigenvalue weighted by molar-refractivity contribution is 5.93. The smallest absolute Gasteiger partial charge is 0.323 e. The third kappa shape index (κ3) is 3.57. The van der Waals surface area contributed by atoms with Gasteiger partial charge in [0.15, 0.2) is 0 Å². The van der Waals surface area contributed by atoms with Crippen LogP contribution in [-0.4, -0.2) is 40.3 Å². The fourth-order valence-electron chi connectivity index (χ4n) is 2.29. The molecule has 0 aromatic carbocycles. The van der Waals surface area contributed by atoms with Gasteiger partial charge in [-0.15, -0.1) is 0 Å². The predicted molar refractivity (Wildman–Crippen MR) is 68.0 cm³/mol. The number of carboxylic acids is 1. The Hall–Kier alpha value is -1.82. The van der Waals surface area contributed by atoms with Gasteiger partial charge in [0.2, 0.25) is 0 Å². The van der Waals surface area contributed by atoms with Crippen LogP contribution >= 0.6 is 0 Å². The van der Waals surface area contributed by atoms with Gasteiger partial charge in [-0.2, -0.15) is 0 Å². The Balaban J connectivity index is 1.99. The molecule has 0 saturated carbocycles. The van der Waals surface area contributed by atoms with Crippen LogP contribution in [0.5, 0.6) is 0 Å². The van der Waals surface area contributed by atoms with Crippen LogP contribution in [0.1, 0.15) is 30.3 Å². The van der Waals surface area contributed by atoms with E-state index in [1.807, 2.05) is 6.92 Å². The normalized spacial score (nSPS) is 23.0. The molecule has 2 unspecified atom stereocenters. The maximum Gasteiger partial charge on any atom is 0.323 e. The van der Waals surface area contributed by atoms with Gasteiger partial charge in [-0.1, -0.05) is 0 Å². The first-order chi connectivity index (χ1) is 9.06. The molecule has 1 amide bonds. The van der Waals surface area contributed by atoms with E-state index < -0.39 is 5.97 Å². The van der Waals surface area contributed by atoms with E-state index in [1.165, 1.54) is 4.57 Å². The van der Waals surface area contributed by atoms with E-state index in [1.54, 1.807) is 18.3 Å². The molecule has 2 heterocycles. The zero-order valence-electron chi connectivity index (χ0n) is 10.8. The number of hydrogen-bond acceptors (Lipinski definition) is 3. The first kappa shape index (κ1) is 13.6. The van der Waals surface area contributed by atoms with Gasteiger partial charge in [-0.25, -0.2) is 0 Å². The molecular formula is C13H18N2O4. The third-order valence-electron chi connectivity index (χ3n) is 3.19. The number of nitrogens with one attached hydrogen (secondary N) is 1. The fraction of sp³-hybridized carbons (Fsp3) is 0.538. The van der Waals surface area contributed by atoms with E-state index >= 15 is 0 Å². The van der Waals surface area contributed by atoms with Crippen LogP contribution in [0.3, 0.4) is 0 Å². The Morgan fingerprint density at radius 1 is 1.58 bits per heavy atom. The van der Waals surface area contributed by atoms with Crippen LogP contribution in [0.4, 0.5) is 0 Å². The highest BCUT2D eigenvalue weighted by atomic mass is 16.5. The van der Waals surface area contributed by atoms with E-state index in [0.717, 1.165) is 12.8 Å². The lowest BCUT2D eigenvalue weighted by Crippen LogP contribution is -2.42. The molecule has 1 aliphatic heterocycles. The van der Waals surface area contributed by atoms with Gasteiger partial charge in [0.05, 0.1) is 6.10 Å². The molecule has 0 bridgehead atoms. The van der Waals surface area contributed by atoms with Crippen LogP contribution < -0.4 is 5.32 Å². The van der Waals surface area contributed by atoms with Crippen molar-refractivity contribution >= 4 is 11.9 Å². The highest BCUT2D eigenvalue weighted by Crippen LogP contribution is 2.14. The van der Waals surface area contributed by atoms with E-state index in [2.05, 4.69) is 5.32 Å². The van der Waals surface area contributed by atoms with Crippen molar-refractivity contribution in [2.24, 2.45) is 0 Å². The number of carboxylic acid groups (broad SMARTS) is 1. The summed E-state index contributed by atoms with van der Waals surface area (Å²) in [6.45, 7) is 2.41. The standard InChI is InChI=1S/C13H18N2O4/c1-9-7-10(4-6-19-9)14-13(18)11-3-2-5-15(11)8-12(16)17/h2-3,5,9-10H,4,6-8H2,1H3,(H,14,18)(H,16,17). The van der Waals surface area contributed by atoms with Crippen LogP contribution in [0.15, 0.2) is 18.3 Å². The average molecular weight is 266 g/mol. The van der Waals surface area contributed by atoms with Crippen molar-refractivity contribution < 1.29 is 19.4 Å². The summed E-state index contributed by atoms with van der Waals surface area (Å²) < 4.78 is 6.85. The summed E-state index contributed by atoms with van der Waals surface area (Å²) in [7, 11) is 0. The molecule has 19 heavy (non-hydrogen) atoms. The monoisotopic (exact) mass is 266 g/mol. The zero-order valence-corrected chi connectivity index (χ0v) is 10.8. The fourth-order valence-corrected chi connectivity index (χ4v) is 2.29. The minimum Gasteiger partial charge on any atom is -0.480 e. The maximum absolute atomic E-state index is 12.1. The molecule has 1 saturated heterocycles. The molecule has 1 aliphatic rings. The molecule has 6 heteroatoms. The van der Waals surface area contributed by atoms with E-state index in [9.17, 15) is 9.59 Å². The molecule has 0 spiro atoms. The van der Waals surface area contributed by atoms with Gasteiger partial charge in [0.1, 0.15) is 12.2 Å². The number of carbonyl (C=O) groups excluding carboxylic acids is 1. The van der Waals surface area contributed by atoms with E-state index in [0.29, 0.717) is 12.3 Å². The molecule has 6 nitrogen and oxygen atoms in total. The molecular weight excluding hydrogens is 248 g/mol. The largest absolute Gasteiger partial charge is 0.480 e. The van der Waals surface area contributed by atoms with Crippen molar-refractivity contribution in [1.29, 1.82) is 0 Å². The van der Waals surface area contributed by atoms with Gasteiger partial charge >= 0.3 is 5.97 Å². The second-order valence-corrected chi connectivity index (χ2v) is 4.79. The second kappa shape index (κ2) is 5.88. The lowest BCUT2D eigenvalue weighted by molar-refractivity contribution is -0.137. The molecule has 1 aromatic heterocycles. The molecule has 104 valence electrons. The molecule has 2 N–H and O–H groups in total. The van der Waals surface area contributed by atoms with Crippen molar-refractivity contribution in [3.05, 3.63) is 24.0 Å². The number of ether oxygens (including phenoxy) is 1. The Morgan fingerprint density at radius 2 is 2.37 bits per heavy atom. The minimum atomic E-state index is -0.968. The van der Waals surface area contributed by atoms with Crippen molar-refractivity contribution in [3.8, 4) is 0 Å². The SMILES string of the molecule is CC1CC(NC(=O)c2cccn2CC(=O)O)CCO1. The lowest BCUT2D eigenvalue weighted by Gasteiger charge is -2.28. The Morgan fingerprint density at radius 3 is 3.05 bits per heavy atom. The summed E-state index contributed by atoms with van der Waals surface area (Å²) in [6.07, 6.45) is 3.31. The average Bonchev–Trinajstić information content (AvgIpc) is 2.76. The minimum absolute atomic E-state index is 0.0874. The molecule has 2 atom stereocenters. The maximum atomic E-state index is 12.1. The van der Waals surface area contributed by atoms with Crippen molar-refractivity contribution in [2.75, 3.05) is 6.61 Å². The van der Waals surface area contributed by atoms with Gasteiger partial charge < -0.3 is 19.7 Å². The third-order valence-corrected chi connectivity index (χ3v) is 3.19. The summed E-state index contributed by atoms with van der Waals surface area (Å²) in [5.74, 6) is -1.20. The summed E-state index contributed by atoms with van der Waals surface area (Å²) >= 11 is 0. The van der Waals surface area contributed by atoms with Crippen molar-refractivity contribution in [3.63, 3.8) is 0 Å². The zero-order chi connectivity index (χ0) is 13.8. The predicted octanol–water partition coefficient (Wildman–Crippen LogP) is 0.870. The van der Waals surface area contributed by atoms with Gasteiger partial charge in [-0.05, 0) is 31.9 Å². The van der Waals surface area contributed by atoms with Crippen LogP contribution in [0.25, 0.3) is 0 Å². The lowest BCUT2D eigenvalue weighted by atomic mass is 10.0. The number of amides is 1. The Kier molecular flexibility index (Phi) is 4.21. The van der Waals surface area contributed by atoms with E-state index in [-0.39, 0.29) is 24.6 Å². The van der Waals surface area contributed by atoms with Crippen molar-refractivity contribution in [2.45, 2.75) is 38.5 Å². The summed E-state index contributed by atoms with van der Waals surface area (Å²) in [5.41, 5.74) is 0.376. The topological polar surface area (TPSA) is 80.6 Å². The summed E-state index contributed by atoms with van der Waals surface area (Å²) in [5, 5.41) is 11.7. The first-order valence-corrected chi connectivity index (χ1v) is 6.35. The number of aliphatic carboxylic acids is 1. The van der Waals surface area contributed by atoms with E-state index in [4.69, 9.17) is 9.84 Å². The van der Waals surface area contributed by atoms with Crippen LogP contribution in [0.2, 0.25) is 0 Å². The number of hydrogen-bond donors (Lipinski definition) is 2. The van der Waals surface area contributed by atoms with Crippen LogP contribution in [-0.2, 0) is 16.1 Å². The van der Waals surface area contributed by atoms with Gasteiger partial charge in [0, 0.05) is 18.8 Å². The second-order valence-electron chi connectivity index (χ2n) is 4.79. The van der Waals surface area contributed by atoms with Crippen LogP contribution in [0, 0.1) is 0 Å². The van der Waals surface area contributed by atoms with Gasteiger partial charge in [0.25, 0.3) is 5.91 Å². The number of nitrogens with zero attached hydrogens (tertiary/aromatic N) is 1. The molecule has 0 aliphatic carbocycles.